The molecule has 0 spiro atoms. The van der Waals surface area contributed by atoms with Gasteiger partial charge in [0.25, 0.3) is 5.91 Å². The highest BCUT2D eigenvalue weighted by molar-refractivity contribution is 6.42. The van der Waals surface area contributed by atoms with Crippen LogP contribution in [0.1, 0.15) is 21.5 Å². The van der Waals surface area contributed by atoms with Crippen molar-refractivity contribution in [3.05, 3.63) is 86.4 Å². The molecule has 0 atom stereocenters. The van der Waals surface area contributed by atoms with Crippen LogP contribution in [-0.2, 0) is 6.54 Å². The Balaban J connectivity index is 1.48. The molecule has 0 radical (unpaired) electrons. The van der Waals surface area contributed by atoms with Gasteiger partial charge in [0, 0.05) is 30.3 Å². The number of phenolic OH excluding ortho intramolecular Hbond substituents is 1. The van der Waals surface area contributed by atoms with Crippen LogP contribution < -0.4 is 20.2 Å². The number of methoxy groups -OCH3 is 1. The molecule has 3 aromatic carbocycles. The summed E-state index contributed by atoms with van der Waals surface area (Å²) in [6.45, 7) is 1.71. The minimum Gasteiger partial charge on any atom is -0.506 e. The van der Waals surface area contributed by atoms with Crippen LogP contribution in [0.5, 0.6) is 17.2 Å². The van der Waals surface area contributed by atoms with Crippen LogP contribution in [0.4, 0.5) is 0 Å². The van der Waals surface area contributed by atoms with E-state index in [0.717, 1.165) is 5.56 Å². The lowest BCUT2D eigenvalue weighted by molar-refractivity contribution is 0.0955. The van der Waals surface area contributed by atoms with Crippen LogP contribution >= 0.6 is 34.8 Å². The van der Waals surface area contributed by atoms with E-state index in [1.165, 1.54) is 31.5 Å². The Morgan fingerprint density at radius 2 is 1.85 bits per heavy atom. The third kappa shape index (κ3) is 7.27. The first-order chi connectivity index (χ1) is 16.4. The second kappa shape index (κ2) is 12.5. The van der Waals surface area contributed by atoms with E-state index in [0.29, 0.717) is 46.8 Å². The molecule has 7 nitrogen and oxygen atoms in total. The first-order valence-electron chi connectivity index (χ1n) is 10.1. The molecule has 3 rings (SSSR count). The van der Waals surface area contributed by atoms with Crippen LogP contribution in [0.3, 0.4) is 0 Å². The first-order valence-corrected chi connectivity index (χ1v) is 11.3. The van der Waals surface area contributed by atoms with Gasteiger partial charge >= 0.3 is 0 Å². The number of benzene rings is 3. The van der Waals surface area contributed by atoms with E-state index in [1.807, 2.05) is 12.1 Å². The minimum absolute atomic E-state index is 0.0819. The molecule has 0 unspecified atom stereocenters. The van der Waals surface area contributed by atoms with Crippen molar-refractivity contribution in [2.75, 3.05) is 20.3 Å². The Morgan fingerprint density at radius 1 is 1.03 bits per heavy atom. The maximum Gasteiger partial charge on any atom is 0.271 e. The molecular formula is C24H22Cl3N3O4. The summed E-state index contributed by atoms with van der Waals surface area (Å²) in [5, 5.41) is 17.8. The fourth-order valence-corrected chi connectivity index (χ4v) is 3.39. The maximum atomic E-state index is 12.2. The number of rotatable bonds is 10. The molecule has 3 aromatic rings. The zero-order valence-corrected chi connectivity index (χ0v) is 20.4. The van der Waals surface area contributed by atoms with Crippen molar-refractivity contribution in [3.8, 4) is 17.2 Å². The van der Waals surface area contributed by atoms with Crippen molar-refractivity contribution in [1.29, 1.82) is 0 Å². The Bertz CT molecular complexity index is 1190. The lowest BCUT2D eigenvalue weighted by Crippen LogP contribution is -2.20. The number of hydrogen-bond donors (Lipinski definition) is 3. The molecule has 10 heteroatoms. The van der Waals surface area contributed by atoms with Gasteiger partial charge in [0.05, 0.1) is 28.4 Å². The molecule has 0 heterocycles. The number of hydrazone groups is 1. The van der Waals surface area contributed by atoms with E-state index in [1.54, 1.807) is 24.3 Å². The molecule has 0 saturated carbocycles. The number of phenols is 1. The Morgan fingerprint density at radius 3 is 2.59 bits per heavy atom. The number of nitrogens with one attached hydrogen (secondary N) is 2. The summed E-state index contributed by atoms with van der Waals surface area (Å²) in [5.41, 5.74) is 4.35. The standard InChI is InChI=1S/C24H22Cl3N3O4/c1-33-23-12-18(34-9-8-28-13-15-2-6-19(25)20(26)10-15)5-3-17(23)14-29-30-24(32)16-4-7-22(31)21(27)11-16/h2-7,10-12,14,28,31H,8-9,13H2,1H3,(H,30,32)/b29-14+. The van der Waals surface area contributed by atoms with E-state index >= 15 is 0 Å². The Labute approximate surface area is 212 Å². The molecule has 0 aliphatic rings. The van der Waals surface area contributed by atoms with Crippen molar-refractivity contribution in [2.24, 2.45) is 5.10 Å². The van der Waals surface area contributed by atoms with Gasteiger partial charge in [0.1, 0.15) is 23.9 Å². The van der Waals surface area contributed by atoms with E-state index in [-0.39, 0.29) is 16.3 Å². The normalized spacial score (nSPS) is 10.9. The molecule has 3 N–H and O–H groups in total. The number of carbonyl (C=O) groups is 1. The predicted molar refractivity (Wildman–Crippen MR) is 135 cm³/mol. The van der Waals surface area contributed by atoms with Gasteiger partial charge in [-0.2, -0.15) is 5.10 Å². The van der Waals surface area contributed by atoms with Crippen molar-refractivity contribution < 1.29 is 19.4 Å². The van der Waals surface area contributed by atoms with Crippen LogP contribution in [0, 0.1) is 0 Å². The SMILES string of the molecule is COc1cc(OCCNCc2ccc(Cl)c(Cl)c2)ccc1/C=N/NC(=O)c1ccc(O)c(Cl)c1. The summed E-state index contributed by atoms with van der Waals surface area (Å²) in [5.74, 6) is 0.599. The molecular weight excluding hydrogens is 501 g/mol. The highest BCUT2D eigenvalue weighted by atomic mass is 35.5. The molecule has 1 amide bonds. The van der Waals surface area contributed by atoms with Gasteiger partial charge in [-0.05, 0) is 48.0 Å². The van der Waals surface area contributed by atoms with Crippen molar-refractivity contribution in [3.63, 3.8) is 0 Å². The number of nitrogens with zero attached hydrogens (tertiary/aromatic N) is 1. The van der Waals surface area contributed by atoms with Gasteiger partial charge in [-0.15, -0.1) is 0 Å². The van der Waals surface area contributed by atoms with Gasteiger partial charge < -0.3 is 19.9 Å². The lowest BCUT2D eigenvalue weighted by Gasteiger charge is -2.11. The highest BCUT2D eigenvalue weighted by Crippen LogP contribution is 2.25. The summed E-state index contributed by atoms with van der Waals surface area (Å²) in [6, 6.07) is 14.9. The van der Waals surface area contributed by atoms with E-state index < -0.39 is 5.91 Å². The molecule has 0 bridgehead atoms. The number of aromatic hydroxyl groups is 1. The van der Waals surface area contributed by atoms with Crippen LogP contribution in [0.2, 0.25) is 15.1 Å². The van der Waals surface area contributed by atoms with Gasteiger partial charge in [0.2, 0.25) is 0 Å². The van der Waals surface area contributed by atoms with Crippen molar-refractivity contribution >= 4 is 46.9 Å². The maximum absolute atomic E-state index is 12.2. The molecule has 0 aromatic heterocycles. The molecule has 0 aliphatic heterocycles. The fraction of sp³-hybridized carbons (Fsp3) is 0.167. The molecule has 0 fully saturated rings. The van der Waals surface area contributed by atoms with Crippen LogP contribution in [0.15, 0.2) is 59.7 Å². The molecule has 178 valence electrons. The Kier molecular flexibility index (Phi) is 9.42. The first kappa shape index (κ1) is 25.6. The molecule has 34 heavy (non-hydrogen) atoms. The van der Waals surface area contributed by atoms with Crippen molar-refractivity contribution in [1.82, 2.24) is 10.7 Å². The fourth-order valence-electron chi connectivity index (χ4n) is 2.88. The monoisotopic (exact) mass is 521 g/mol. The number of ether oxygens (including phenoxy) is 2. The van der Waals surface area contributed by atoms with Gasteiger partial charge in [-0.1, -0.05) is 40.9 Å². The van der Waals surface area contributed by atoms with E-state index in [4.69, 9.17) is 44.3 Å². The van der Waals surface area contributed by atoms with E-state index in [2.05, 4.69) is 15.8 Å². The second-order valence-electron chi connectivity index (χ2n) is 7.04. The van der Waals surface area contributed by atoms with Crippen LogP contribution in [-0.4, -0.2) is 37.5 Å². The average molecular weight is 523 g/mol. The van der Waals surface area contributed by atoms with Gasteiger partial charge in [-0.25, -0.2) is 5.43 Å². The zero-order chi connectivity index (χ0) is 24.5. The number of amides is 1. The third-order valence-electron chi connectivity index (χ3n) is 4.65. The summed E-state index contributed by atoms with van der Waals surface area (Å²) >= 11 is 17.8. The third-order valence-corrected chi connectivity index (χ3v) is 5.69. The van der Waals surface area contributed by atoms with Crippen LogP contribution in [0.25, 0.3) is 0 Å². The number of halogens is 3. The predicted octanol–water partition coefficient (Wildman–Crippen LogP) is 5.29. The molecule has 0 saturated heterocycles. The summed E-state index contributed by atoms with van der Waals surface area (Å²) in [6.07, 6.45) is 1.46. The average Bonchev–Trinajstić information content (AvgIpc) is 2.83. The number of hydrogen-bond acceptors (Lipinski definition) is 6. The lowest BCUT2D eigenvalue weighted by atomic mass is 10.2. The topological polar surface area (TPSA) is 92.2 Å². The van der Waals surface area contributed by atoms with Gasteiger partial charge in [0.15, 0.2) is 0 Å². The van der Waals surface area contributed by atoms with Gasteiger partial charge in [-0.3, -0.25) is 4.79 Å². The quantitative estimate of drug-likeness (QED) is 0.191. The summed E-state index contributed by atoms with van der Waals surface area (Å²) in [7, 11) is 1.53. The second-order valence-corrected chi connectivity index (χ2v) is 8.26. The largest absolute Gasteiger partial charge is 0.506 e. The smallest absolute Gasteiger partial charge is 0.271 e. The zero-order valence-electron chi connectivity index (χ0n) is 18.1. The minimum atomic E-state index is -0.467. The summed E-state index contributed by atoms with van der Waals surface area (Å²) < 4.78 is 11.2. The van der Waals surface area contributed by atoms with Crippen molar-refractivity contribution in [2.45, 2.75) is 6.54 Å². The highest BCUT2D eigenvalue weighted by Gasteiger charge is 2.08. The molecule has 0 aliphatic carbocycles. The number of carbonyl (C=O) groups excluding carboxylic acids is 1. The summed E-state index contributed by atoms with van der Waals surface area (Å²) in [4.78, 5) is 12.2. The van der Waals surface area contributed by atoms with E-state index in [9.17, 15) is 9.90 Å². The Hall–Kier alpha value is -2.97.